The van der Waals surface area contributed by atoms with Crippen molar-refractivity contribution in [3.05, 3.63) is 95.1 Å². The van der Waals surface area contributed by atoms with Crippen LogP contribution in [0.25, 0.3) is 10.9 Å². The lowest BCUT2D eigenvalue weighted by molar-refractivity contribution is -0.137. The van der Waals surface area contributed by atoms with E-state index in [1.807, 2.05) is 24.3 Å². The lowest BCUT2D eigenvalue weighted by Crippen LogP contribution is -2.51. The van der Waals surface area contributed by atoms with Crippen LogP contribution in [0.3, 0.4) is 0 Å². The summed E-state index contributed by atoms with van der Waals surface area (Å²) in [6.45, 7) is 1.53. The van der Waals surface area contributed by atoms with Crippen molar-refractivity contribution >= 4 is 68.1 Å². The van der Waals surface area contributed by atoms with Gasteiger partial charge in [0.15, 0.2) is 16.1 Å². The van der Waals surface area contributed by atoms with Gasteiger partial charge in [-0.3, -0.25) is 9.78 Å². The molecule has 1 saturated heterocycles. The fourth-order valence-electron chi connectivity index (χ4n) is 4.36. The number of piperazine rings is 1. The number of amides is 1. The van der Waals surface area contributed by atoms with Crippen LogP contribution in [-0.4, -0.2) is 56.2 Å². The molecule has 0 saturated carbocycles. The Morgan fingerprint density at radius 2 is 1.63 bits per heavy atom. The SMILES string of the molecule is O=C(c1ccc(NS(=O)c2cccc3cccnc23)cc1)N1CCN(C(=S)Nc2cc(C(F)(F)F)ccc2Cl)CC1. The number of rotatable bonds is 5. The summed E-state index contributed by atoms with van der Waals surface area (Å²) < 4.78 is 55.2. The normalized spacial score (nSPS) is 14.5. The number of carbonyl (C=O) groups excluding carboxylic acids is 1. The van der Waals surface area contributed by atoms with Crippen LogP contribution in [0, 0.1) is 0 Å². The third kappa shape index (κ3) is 6.61. The summed E-state index contributed by atoms with van der Waals surface area (Å²) in [6.07, 6.45) is -2.85. The van der Waals surface area contributed by atoms with Crippen LogP contribution in [0.15, 0.2) is 83.9 Å². The molecule has 1 amide bonds. The topological polar surface area (TPSA) is 77.6 Å². The summed E-state index contributed by atoms with van der Waals surface area (Å²) in [5.74, 6) is -0.171. The molecule has 0 bridgehead atoms. The van der Waals surface area contributed by atoms with Gasteiger partial charge in [0.05, 0.1) is 26.7 Å². The highest BCUT2D eigenvalue weighted by molar-refractivity contribution is 7.86. The monoisotopic (exact) mass is 617 g/mol. The smallest absolute Gasteiger partial charge is 0.345 e. The molecule has 4 aromatic rings. The second kappa shape index (κ2) is 12.0. The van der Waals surface area contributed by atoms with Crippen LogP contribution in [0.1, 0.15) is 15.9 Å². The first-order chi connectivity index (χ1) is 19.6. The number of pyridine rings is 1. The maximum atomic E-state index is 13.1. The molecule has 1 fully saturated rings. The molecule has 212 valence electrons. The number of alkyl halides is 3. The van der Waals surface area contributed by atoms with E-state index in [1.54, 1.807) is 46.3 Å². The minimum Gasteiger partial charge on any atom is -0.345 e. The summed E-state index contributed by atoms with van der Waals surface area (Å²) in [4.78, 5) is 21.4. The highest BCUT2D eigenvalue weighted by atomic mass is 35.5. The van der Waals surface area contributed by atoms with E-state index >= 15 is 0 Å². The average Bonchev–Trinajstić information content (AvgIpc) is 2.97. The molecule has 1 unspecified atom stereocenters. The second-order valence-electron chi connectivity index (χ2n) is 9.18. The Hall–Kier alpha value is -3.74. The zero-order valence-corrected chi connectivity index (χ0v) is 23.7. The molecule has 7 nitrogen and oxygen atoms in total. The molecule has 0 spiro atoms. The van der Waals surface area contributed by atoms with Gasteiger partial charge in [0.2, 0.25) is 0 Å². The molecular formula is C28H23ClF3N5O2S2. The van der Waals surface area contributed by atoms with E-state index in [1.165, 1.54) is 6.07 Å². The van der Waals surface area contributed by atoms with E-state index in [0.717, 1.165) is 17.5 Å². The van der Waals surface area contributed by atoms with Gasteiger partial charge in [0.25, 0.3) is 5.91 Å². The number of aromatic nitrogens is 1. The Labute approximate surface area is 246 Å². The maximum Gasteiger partial charge on any atom is 0.416 e. The van der Waals surface area contributed by atoms with Crippen LogP contribution in [0.4, 0.5) is 24.5 Å². The number of nitrogens with zero attached hydrogens (tertiary/aromatic N) is 3. The van der Waals surface area contributed by atoms with Crippen molar-refractivity contribution < 1.29 is 22.2 Å². The summed E-state index contributed by atoms with van der Waals surface area (Å²) in [5.41, 5.74) is 0.941. The summed E-state index contributed by atoms with van der Waals surface area (Å²) in [7, 11) is -1.56. The van der Waals surface area contributed by atoms with E-state index in [9.17, 15) is 22.2 Å². The molecule has 13 heteroatoms. The van der Waals surface area contributed by atoms with Crippen LogP contribution in [-0.2, 0) is 17.2 Å². The Bertz CT molecular complexity index is 1620. The Morgan fingerprint density at radius 3 is 2.34 bits per heavy atom. The molecule has 1 atom stereocenters. The Kier molecular flexibility index (Phi) is 8.43. The van der Waals surface area contributed by atoms with Crippen molar-refractivity contribution in [2.24, 2.45) is 0 Å². The second-order valence-corrected chi connectivity index (χ2v) is 11.2. The first-order valence-corrected chi connectivity index (χ1v) is 14.4. The van der Waals surface area contributed by atoms with Crippen molar-refractivity contribution in [1.82, 2.24) is 14.8 Å². The quantitative estimate of drug-likeness (QED) is 0.260. The molecule has 1 aromatic heterocycles. The summed E-state index contributed by atoms with van der Waals surface area (Å²) >= 11 is 11.5. The standard InChI is InChI=1S/C28H23ClF3N5O2S2/c29-22-11-8-20(28(30,31)32)17-23(22)34-27(40)37-15-13-36(14-16-37)26(38)19-6-9-21(10-7-19)35-41(39)24-5-1-3-18-4-2-12-33-25(18)24/h1-12,17,35H,13-16H2,(H,34,40). The molecule has 0 aliphatic carbocycles. The van der Waals surface area contributed by atoms with Crippen LogP contribution in [0.5, 0.6) is 0 Å². The number of para-hydroxylation sites is 1. The lowest BCUT2D eigenvalue weighted by Gasteiger charge is -2.36. The molecular weight excluding hydrogens is 595 g/mol. The van der Waals surface area contributed by atoms with E-state index in [0.29, 0.717) is 47.8 Å². The van der Waals surface area contributed by atoms with Crippen molar-refractivity contribution in [3.63, 3.8) is 0 Å². The van der Waals surface area contributed by atoms with Gasteiger partial charge < -0.3 is 19.8 Å². The largest absolute Gasteiger partial charge is 0.416 e. The number of benzene rings is 3. The van der Waals surface area contributed by atoms with E-state index in [4.69, 9.17) is 23.8 Å². The molecule has 3 aromatic carbocycles. The molecule has 0 radical (unpaired) electrons. The van der Waals surface area contributed by atoms with E-state index in [-0.39, 0.29) is 21.7 Å². The van der Waals surface area contributed by atoms with Crippen molar-refractivity contribution in [1.29, 1.82) is 0 Å². The number of nitrogens with one attached hydrogen (secondary N) is 2. The summed E-state index contributed by atoms with van der Waals surface area (Å²) in [5, 5.41) is 4.02. The number of hydrogen-bond donors (Lipinski definition) is 2. The van der Waals surface area contributed by atoms with Gasteiger partial charge in [0, 0.05) is 49.0 Å². The first kappa shape index (κ1) is 28.8. The number of fused-ring (bicyclic) bond motifs is 1. The van der Waals surface area contributed by atoms with Gasteiger partial charge in [-0.1, -0.05) is 29.8 Å². The third-order valence-corrected chi connectivity index (χ3v) is 8.37. The summed E-state index contributed by atoms with van der Waals surface area (Å²) in [6, 6.07) is 18.9. The average molecular weight is 618 g/mol. The molecule has 2 heterocycles. The molecule has 2 N–H and O–H groups in total. The number of hydrogen-bond acceptors (Lipinski definition) is 4. The van der Waals surface area contributed by atoms with Crippen LogP contribution in [0.2, 0.25) is 5.02 Å². The first-order valence-electron chi connectivity index (χ1n) is 12.4. The number of anilines is 2. The van der Waals surface area contributed by atoms with E-state index in [2.05, 4.69) is 15.0 Å². The maximum absolute atomic E-state index is 13.1. The minimum atomic E-state index is -4.51. The van der Waals surface area contributed by atoms with Gasteiger partial charge >= 0.3 is 6.18 Å². The zero-order valence-electron chi connectivity index (χ0n) is 21.3. The molecule has 41 heavy (non-hydrogen) atoms. The highest BCUT2D eigenvalue weighted by Crippen LogP contribution is 2.34. The molecule has 1 aliphatic rings. The third-order valence-electron chi connectivity index (χ3n) is 6.53. The predicted molar refractivity (Wildman–Crippen MR) is 158 cm³/mol. The minimum absolute atomic E-state index is 0.0661. The van der Waals surface area contributed by atoms with Crippen LogP contribution >= 0.6 is 23.8 Å². The highest BCUT2D eigenvalue weighted by Gasteiger charge is 2.31. The lowest BCUT2D eigenvalue weighted by atomic mass is 10.1. The molecule has 5 rings (SSSR count). The molecule has 1 aliphatic heterocycles. The van der Waals surface area contributed by atoms with Gasteiger partial charge in [-0.05, 0) is 66.8 Å². The predicted octanol–water partition coefficient (Wildman–Crippen LogP) is 6.20. The van der Waals surface area contributed by atoms with E-state index < -0.39 is 22.7 Å². The zero-order chi connectivity index (χ0) is 29.1. The fraction of sp³-hybridized carbons (Fsp3) is 0.179. The van der Waals surface area contributed by atoms with Gasteiger partial charge in [-0.15, -0.1) is 0 Å². The Morgan fingerprint density at radius 1 is 0.951 bits per heavy atom. The van der Waals surface area contributed by atoms with Crippen LogP contribution < -0.4 is 10.0 Å². The number of thiocarbonyl (C=S) groups is 1. The van der Waals surface area contributed by atoms with Gasteiger partial charge in [-0.25, -0.2) is 4.21 Å². The number of carbonyl (C=O) groups is 1. The van der Waals surface area contributed by atoms with Gasteiger partial charge in [-0.2, -0.15) is 13.2 Å². The van der Waals surface area contributed by atoms with Crippen molar-refractivity contribution in [2.75, 3.05) is 36.2 Å². The fourth-order valence-corrected chi connectivity index (χ4v) is 5.82. The van der Waals surface area contributed by atoms with Crippen molar-refractivity contribution in [2.45, 2.75) is 11.1 Å². The number of halogens is 4. The van der Waals surface area contributed by atoms with Gasteiger partial charge in [0.1, 0.15) is 0 Å². The van der Waals surface area contributed by atoms with Crippen molar-refractivity contribution in [3.8, 4) is 0 Å². The Balaban J connectivity index is 1.16.